The van der Waals surface area contributed by atoms with Gasteiger partial charge in [-0.1, -0.05) is 39.7 Å². The molecule has 0 spiro atoms. The van der Waals surface area contributed by atoms with E-state index in [9.17, 15) is 18.8 Å². The van der Waals surface area contributed by atoms with Crippen molar-refractivity contribution in [3.05, 3.63) is 97.1 Å². The Hall–Kier alpha value is -3.01. The summed E-state index contributed by atoms with van der Waals surface area (Å²) in [6.45, 7) is 0.117. The molecule has 1 fully saturated rings. The number of nitrogens with one attached hydrogen (secondary N) is 1. The maximum absolute atomic E-state index is 13.2. The number of ether oxygens (including phenoxy) is 1. The summed E-state index contributed by atoms with van der Waals surface area (Å²) >= 11 is 12.7. The summed E-state index contributed by atoms with van der Waals surface area (Å²) in [5, 5.41) is 2.61. The number of nitrogens with zero attached hydrogens (tertiary/aromatic N) is 1. The number of halogens is 4. The van der Waals surface area contributed by atoms with Gasteiger partial charge in [-0.3, -0.25) is 14.9 Å². The van der Waals surface area contributed by atoms with E-state index in [4.69, 9.17) is 16.3 Å². The molecule has 0 aromatic heterocycles. The Morgan fingerprint density at radius 2 is 1.68 bits per heavy atom. The molecule has 34 heavy (non-hydrogen) atoms. The first-order valence-electron chi connectivity index (χ1n) is 9.76. The second-order valence-electron chi connectivity index (χ2n) is 7.16. The summed E-state index contributed by atoms with van der Waals surface area (Å²) in [4.78, 5) is 39.0. The number of hydrogen-bond acceptors (Lipinski definition) is 4. The van der Waals surface area contributed by atoms with Gasteiger partial charge >= 0.3 is 6.03 Å². The minimum Gasteiger partial charge on any atom is -0.487 e. The second-order valence-corrected chi connectivity index (χ2v) is 9.36. The molecule has 1 N–H and O–H groups in total. The van der Waals surface area contributed by atoms with Crippen LogP contribution in [0.15, 0.2) is 75.2 Å². The molecule has 0 unspecified atom stereocenters. The lowest BCUT2D eigenvalue weighted by molar-refractivity contribution is -0.122. The number of hydrogen-bond donors (Lipinski definition) is 1. The normalized spacial score (nSPS) is 15.0. The third-order valence-corrected chi connectivity index (χ3v) is 6.12. The molecule has 1 saturated heterocycles. The van der Waals surface area contributed by atoms with E-state index in [-0.39, 0.29) is 23.7 Å². The molecule has 6 nitrogen and oxygen atoms in total. The van der Waals surface area contributed by atoms with Crippen molar-refractivity contribution in [2.45, 2.75) is 6.61 Å². The number of amides is 4. The van der Waals surface area contributed by atoms with Gasteiger partial charge < -0.3 is 4.74 Å². The third kappa shape index (κ3) is 5.22. The van der Waals surface area contributed by atoms with Gasteiger partial charge in [-0.25, -0.2) is 14.1 Å². The molecule has 1 heterocycles. The van der Waals surface area contributed by atoms with E-state index in [0.29, 0.717) is 25.3 Å². The molecule has 3 aromatic rings. The number of urea groups is 1. The smallest absolute Gasteiger partial charge is 0.335 e. The number of imide groups is 2. The zero-order chi connectivity index (χ0) is 24.4. The highest BCUT2D eigenvalue weighted by molar-refractivity contribution is 9.11. The van der Waals surface area contributed by atoms with Gasteiger partial charge in [-0.05, 0) is 76.1 Å². The van der Waals surface area contributed by atoms with Gasteiger partial charge in [0.05, 0.1) is 10.2 Å². The lowest BCUT2D eigenvalue weighted by Gasteiger charge is -2.26. The van der Waals surface area contributed by atoms with E-state index in [0.717, 1.165) is 10.5 Å². The first-order chi connectivity index (χ1) is 16.2. The van der Waals surface area contributed by atoms with Crippen LogP contribution in [0.1, 0.15) is 11.1 Å². The lowest BCUT2D eigenvalue weighted by atomic mass is 10.1. The molecule has 0 radical (unpaired) electrons. The molecule has 0 bridgehead atoms. The Bertz CT molecular complexity index is 1330. The summed E-state index contributed by atoms with van der Waals surface area (Å²) in [5.74, 6) is -1.63. The van der Waals surface area contributed by atoms with Crippen LogP contribution in [-0.2, 0) is 16.2 Å². The van der Waals surface area contributed by atoms with Crippen LogP contribution >= 0.6 is 43.5 Å². The van der Waals surface area contributed by atoms with E-state index >= 15 is 0 Å². The molecule has 1 aliphatic rings. The number of rotatable bonds is 5. The molecular weight excluding hydrogens is 595 g/mol. The number of anilines is 1. The Morgan fingerprint density at radius 1 is 1.00 bits per heavy atom. The highest BCUT2D eigenvalue weighted by Crippen LogP contribution is 2.35. The molecule has 0 atom stereocenters. The molecule has 4 amide bonds. The standard InChI is InChI=1S/C24H14Br2ClFN2O4/c25-15-9-14(21(20(26)11-15)34-12-13-1-5-17(28)6-2-13)10-19-22(31)29-24(33)30(23(19)32)18-7-3-16(27)4-8-18/h1-11H,12H2,(H,29,31,33)/b19-10+. The number of carbonyl (C=O) groups is 3. The van der Waals surface area contributed by atoms with Crippen molar-refractivity contribution in [3.63, 3.8) is 0 Å². The number of barbiturate groups is 1. The van der Waals surface area contributed by atoms with E-state index in [2.05, 4.69) is 37.2 Å². The molecule has 10 heteroatoms. The van der Waals surface area contributed by atoms with Crippen LogP contribution in [0.5, 0.6) is 5.75 Å². The van der Waals surface area contributed by atoms with Crippen LogP contribution in [0.3, 0.4) is 0 Å². The minimum absolute atomic E-state index is 0.117. The Balaban J connectivity index is 1.70. The van der Waals surface area contributed by atoms with Crippen LogP contribution in [0.2, 0.25) is 5.02 Å². The molecule has 0 saturated carbocycles. The van der Waals surface area contributed by atoms with Crippen LogP contribution in [-0.4, -0.2) is 17.8 Å². The average molecular weight is 609 g/mol. The molecule has 0 aliphatic carbocycles. The summed E-state index contributed by atoms with van der Waals surface area (Å²) in [5.41, 5.74) is 1.13. The van der Waals surface area contributed by atoms with Crippen LogP contribution in [0.4, 0.5) is 14.9 Å². The van der Waals surface area contributed by atoms with Gasteiger partial charge in [0, 0.05) is 15.1 Å². The van der Waals surface area contributed by atoms with Gasteiger partial charge in [0.25, 0.3) is 11.8 Å². The quantitative estimate of drug-likeness (QED) is 0.275. The van der Waals surface area contributed by atoms with E-state index in [1.165, 1.54) is 42.5 Å². The molecule has 172 valence electrons. The fraction of sp³-hybridized carbons (Fsp3) is 0.0417. The van der Waals surface area contributed by atoms with Crippen molar-refractivity contribution in [3.8, 4) is 5.75 Å². The van der Waals surface area contributed by atoms with Crippen molar-refractivity contribution >= 4 is 73.1 Å². The first-order valence-corrected chi connectivity index (χ1v) is 11.7. The van der Waals surface area contributed by atoms with Gasteiger partial charge in [0.15, 0.2) is 0 Å². The predicted molar refractivity (Wildman–Crippen MR) is 133 cm³/mol. The average Bonchev–Trinajstić information content (AvgIpc) is 2.78. The second kappa shape index (κ2) is 10.1. The van der Waals surface area contributed by atoms with Crippen molar-refractivity contribution in [2.75, 3.05) is 4.90 Å². The number of benzene rings is 3. The zero-order valence-electron chi connectivity index (χ0n) is 17.2. The fourth-order valence-corrected chi connectivity index (χ4v) is 4.71. The van der Waals surface area contributed by atoms with Gasteiger partial charge in [0.2, 0.25) is 0 Å². The fourth-order valence-electron chi connectivity index (χ4n) is 3.21. The maximum atomic E-state index is 13.2. The Labute approximate surface area is 215 Å². The summed E-state index contributed by atoms with van der Waals surface area (Å²) < 4.78 is 20.3. The van der Waals surface area contributed by atoms with Crippen molar-refractivity contribution < 1.29 is 23.5 Å². The lowest BCUT2D eigenvalue weighted by Crippen LogP contribution is -2.54. The van der Waals surface area contributed by atoms with Gasteiger partial charge in [0.1, 0.15) is 23.7 Å². The van der Waals surface area contributed by atoms with E-state index < -0.39 is 17.8 Å². The number of carbonyl (C=O) groups excluding carboxylic acids is 3. The topological polar surface area (TPSA) is 75.7 Å². The van der Waals surface area contributed by atoms with Crippen molar-refractivity contribution in [1.29, 1.82) is 0 Å². The molecular formula is C24H14Br2ClFN2O4. The summed E-state index contributed by atoms with van der Waals surface area (Å²) in [6.07, 6.45) is 1.35. The van der Waals surface area contributed by atoms with Gasteiger partial charge in [-0.15, -0.1) is 0 Å². The molecule has 1 aliphatic heterocycles. The third-order valence-electron chi connectivity index (χ3n) is 4.82. The molecule has 3 aromatic carbocycles. The van der Waals surface area contributed by atoms with Crippen LogP contribution in [0.25, 0.3) is 6.08 Å². The largest absolute Gasteiger partial charge is 0.487 e. The van der Waals surface area contributed by atoms with Crippen molar-refractivity contribution in [1.82, 2.24) is 5.32 Å². The van der Waals surface area contributed by atoms with Gasteiger partial charge in [-0.2, -0.15) is 0 Å². The predicted octanol–water partition coefficient (Wildman–Crippen LogP) is 6.25. The Morgan fingerprint density at radius 3 is 2.35 bits per heavy atom. The highest BCUT2D eigenvalue weighted by atomic mass is 79.9. The monoisotopic (exact) mass is 606 g/mol. The zero-order valence-corrected chi connectivity index (χ0v) is 21.1. The highest BCUT2D eigenvalue weighted by Gasteiger charge is 2.37. The SMILES string of the molecule is O=C1NC(=O)N(c2ccc(Cl)cc2)C(=O)/C1=C/c1cc(Br)cc(Br)c1OCc1ccc(F)cc1. The van der Waals surface area contributed by atoms with Crippen LogP contribution < -0.4 is 15.0 Å². The van der Waals surface area contributed by atoms with E-state index in [1.807, 2.05) is 0 Å². The Kier molecular flexibility index (Phi) is 7.16. The first kappa shape index (κ1) is 24.1. The maximum Gasteiger partial charge on any atom is 0.335 e. The minimum atomic E-state index is -0.863. The summed E-state index contributed by atoms with van der Waals surface area (Å²) in [6, 6.07) is 14.4. The summed E-state index contributed by atoms with van der Waals surface area (Å²) in [7, 11) is 0. The van der Waals surface area contributed by atoms with E-state index in [1.54, 1.807) is 24.3 Å². The van der Waals surface area contributed by atoms with Crippen LogP contribution in [0, 0.1) is 5.82 Å². The molecule has 4 rings (SSSR count). The van der Waals surface area contributed by atoms with Crippen molar-refractivity contribution in [2.24, 2.45) is 0 Å².